The minimum Gasteiger partial charge on any atom is -0.386 e. The van der Waals surface area contributed by atoms with Gasteiger partial charge in [-0.15, -0.1) is 0 Å². The molecule has 1 aliphatic heterocycles. The van der Waals surface area contributed by atoms with Crippen molar-refractivity contribution in [2.45, 2.75) is 57.3 Å². The molecule has 0 aliphatic carbocycles. The smallest absolute Gasteiger partial charge is 0.0998 e. The topological polar surface area (TPSA) is 42.4 Å². The molecule has 1 atom stereocenters. The molecular weight excluding hydrogens is 214 g/mol. The summed E-state index contributed by atoms with van der Waals surface area (Å²) >= 11 is 0. The molecule has 1 fully saturated rings. The molecule has 2 heterocycles. The maximum atomic E-state index is 10.9. The standard InChI is InChI=1S/C14H21NO2/c1-12(2)10-14(16,13(3,4)17-12)9-11-5-7-15-8-6-11/h5-8,16H,9-10H2,1-4H3. The summed E-state index contributed by atoms with van der Waals surface area (Å²) < 4.78 is 5.96. The quantitative estimate of drug-likeness (QED) is 0.855. The van der Waals surface area contributed by atoms with Gasteiger partial charge in [0.1, 0.15) is 0 Å². The van der Waals surface area contributed by atoms with Crippen LogP contribution in [-0.2, 0) is 11.2 Å². The number of nitrogens with zero attached hydrogens (tertiary/aromatic N) is 1. The van der Waals surface area contributed by atoms with Crippen molar-refractivity contribution in [1.29, 1.82) is 0 Å². The molecule has 0 amide bonds. The highest BCUT2D eigenvalue weighted by Crippen LogP contribution is 2.46. The average molecular weight is 235 g/mol. The first-order valence-electron chi connectivity index (χ1n) is 6.06. The fourth-order valence-corrected chi connectivity index (χ4v) is 2.85. The number of aliphatic hydroxyl groups is 1. The van der Waals surface area contributed by atoms with E-state index < -0.39 is 11.2 Å². The number of ether oxygens (including phenoxy) is 1. The number of hydrogen-bond acceptors (Lipinski definition) is 3. The van der Waals surface area contributed by atoms with E-state index in [2.05, 4.69) is 4.98 Å². The lowest BCUT2D eigenvalue weighted by molar-refractivity contribution is -0.125. The molecule has 2 rings (SSSR count). The summed E-state index contributed by atoms with van der Waals surface area (Å²) in [4.78, 5) is 3.99. The van der Waals surface area contributed by atoms with E-state index in [1.54, 1.807) is 12.4 Å². The van der Waals surface area contributed by atoms with Gasteiger partial charge < -0.3 is 9.84 Å². The van der Waals surface area contributed by atoms with Crippen LogP contribution in [0.5, 0.6) is 0 Å². The fraction of sp³-hybridized carbons (Fsp3) is 0.643. The predicted octanol–water partition coefficient (Wildman–Crippen LogP) is 2.33. The lowest BCUT2D eigenvalue weighted by atomic mass is 9.78. The summed E-state index contributed by atoms with van der Waals surface area (Å²) in [5.41, 5.74) is -0.528. The third-order valence-corrected chi connectivity index (χ3v) is 3.62. The lowest BCUT2D eigenvalue weighted by Crippen LogP contribution is -2.48. The van der Waals surface area contributed by atoms with Gasteiger partial charge in [-0.1, -0.05) is 0 Å². The van der Waals surface area contributed by atoms with Crippen molar-refractivity contribution in [2.75, 3.05) is 0 Å². The predicted molar refractivity (Wildman–Crippen MR) is 66.8 cm³/mol. The summed E-state index contributed by atoms with van der Waals surface area (Å²) in [7, 11) is 0. The van der Waals surface area contributed by atoms with Crippen molar-refractivity contribution in [3.05, 3.63) is 30.1 Å². The van der Waals surface area contributed by atoms with Gasteiger partial charge >= 0.3 is 0 Å². The van der Waals surface area contributed by atoms with Gasteiger partial charge in [0, 0.05) is 25.2 Å². The van der Waals surface area contributed by atoms with Crippen LogP contribution in [0.1, 0.15) is 39.7 Å². The Morgan fingerprint density at radius 3 is 2.29 bits per heavy atom. The molecule has 3 heteroatoms. The van der Waals surface area contributed by atoms with Crippen molar-refractivity contribution in [3.63, 3.8) is 0 Å². The zero-order valence-corrected chi connectivity index (χ0v) is 11.0. The highest BCUT2D eigenvalue weighted by atomic mass is 16.5. The second kappa shape index (κ2) is 3.79. The molecule has 0 saturated carbocycles. The van der Waals surface area contributed by atoms with Gasteiger partial charge in [0.2, 0.25) is 0 Å². The molecule has 1 aliphatic rings. The van der Waals surface area contributed by atoms with Crippen LogP contribution in [0.4, 0.5) is 0 Å². The van der Waals surface area contributed by atoms with Crippen molar-refractivity contribution >= 4 is 0 Å². The SMILES string of the molecule is CC1(C)CC(O)(Cc2ccncc2)C(C)(C)O1. The molecule has 1 aromatic heterocycles. The summed E-state index contributed by atoms with van der Waals surface area (Å²) in [5, 5.41) is 10.9. The monoisotopic (exact) mass is 235 g/mol. The van der Waals surface area contributed by atoms with Crippen LogP contribution in [0, 0.1) is 0 Å². The van der Waals surface area contributed by atoms with Crippen molar-refractivity contribution in [2.24, 2.45) is 0 Å². The highest BCUT2D eigenvalue weighted by Gasteiger charge is 2.56. The van der Waals surface area contributed by atoms with Gasteiger partial charge in [-0.05, 0) is 45.4 Å². The van der Waals surface area contributed by atoms with E-state index in [1.807, 2.05) is 39.8 Å². The summed E-state index contributed by atoms with van der Waals surface area (Å²) in [6.45, 7) is 7.98. The third-order valence-electron chi connectivity index (χ3n) is 3.62. The minimum absolute atomic E-state index is 0.273. The third kappa shape index (κ3) is 2.35. The fourth-order valence-electron chi connectivity index (χ4n) is 2.85. The van der Waals surface area contributed by atoms with E-state index in [9.17, 15) is 5.11 Å². The van der Waals surface area contributed by atoms with Gasteiger partial charge in [0.25, 0.3) is 0 Å². The lowest BCUT2D eigenvalue weighted by Gasteiger charge is -2.35. The van der Waals surface area contributed by atoms with Crippen LogP contribution in [0.3, 0.4) is 0 Å². The molecule has 0 bridgehead atoms. The molecule has 94 valence electrons. The summed E-state index contributed by atoms with van der Waals surface area (Å²) in [5.74, 6) is 0. The van der Waals surface area contributed by atoms with Gasteiger partial charge in [0.15, 0.2) is 0 Å². The molecular formula is C14H21NO2. The van der Waals surface area contributed by atoms with Gasteiger partial charge in [-0.2, -0.15) is 0 Å². The van der Waals surface area contributed by atoms with Gasteiger partial charge in [-0.25, -0.2) is 0 Å². The van der Waals surface area contributed by atoms with Crippen LogP contribution in [0.15, 0.2) is 24.5 Å². The molecule has 1 unspecified atom stereocenters. The van der Waals surface area contributed by atoms with Crippen LogP contribution < -0.4 is 0 Å². The molecule has 1 N–H and O–H groups in total. The van der Waals surface area contributed by atoms with E-state index in [-0.39, 0.29) is 5.60 Å². The van der Waals surface area contributed by atoms with E-state index in [0.717, 1.165) is 5.56 Å². The zero-order chi connectivity index (χ0) is 12.7. The first kappa shape index (κ1) is 12.5. The Morgan fingerprint density at radius 1 is 1.24 bits per heavy atom. The number of aromatic nitrogens is 1. The van der Waals surface area contributed by atoms with Crippen LogP contribution in [0.2, 0.25) is 0 Å². The van der Waals surface area contributed by atoms with Crippen LogP contribution in [-0.4, -0.2) is 26.9 Å². The van der Waals surface area contributed by atoms with Crippen molar-refractivity contribution in [3.8, 4) is 0 Å². The first-order valence-corrected chi connectivity index (χ1v) is 6.06. The molecule has 3 nitrogen and oxygen atoms in total. The average Bonchev–Trinajstić information content (AvgIpc) is 2.31. The van der Waals surface area contributed by atoms with E-state index in [1.165, 1.54) is 0 Å². The molecule has 17 heavy (non-hydrogen) atoms. The maximum Gasteiger partial charge on any atom is 0.0998 e. The number of hydrogen-bond donors (Lipinski definition) is 1. The Morgan fingerprint density at radius 2 is 1.82 bits per heavy atom. The van der Waals surface area contributed by atoms with Crippen LogP contribution >= 0.6 is 0 Å². The number of rotatable bonds is 2. The largest absolute Gasteiger partial charge is 0.386 e. The second-order valence-electron chi connectivity index (χ2n) is 6.11. The summed E-state index contributed by atoms with van der Waals surface area (Å²) in [6.07, 6.45) is 4.76. The van der Waals surface area contributed by atoms with E-state index in [0.29, 0.717) is 12.8 Å². The first-order chi connectivity index (χ1) is 7.74. The number of pyridine rings is 1. The zero-order valence-electron chi connectivity index (χ0n) is 11.0. The van der Waals surface area contributed by atoms with E-state index >= 15 is 0 Å². The Kier molecular flexibility index (Phi) is 2.79. The Labute approximate surface area is 103 Å². The normalized spacial score (nSPS) is 30.4. The molecule has 1 aromatic rings. The van der Waals surface area contributed by atoms with Crippen molar-refractivity contribution < 1.29 is 9.84 Å². The minimum atomic E-state index is -0.822. The van der Waals surface area contributed by atoms with Crippen LogP contribution in [0.25, 0.3) is 0 Å². The second-order valence-corrected chi connectivity index (χ2v) is 6.11. The molecule has 0 radical (unpaired) electrons. The highest BCUT2D eigenvalue weighted by molar-refractivity contribution is 5.18. The van der Waals surface area contributed by atoms with E-state index in [4.69, 9.17) is 4.74 Å². The summed E-state index contributed by atoms with van der Waals surface area (Å²) in [6, 6.07) is 3.89. The Balaban J connectivity index is 2.25. The molecule has 0 spiro atoms. The van der Waals surface area contributed by atoms with Gasteiger partial charge in [-0.3, -0.25) is 4.98 Å². The van der Waals surface area contributed by atoms with Gasteiger partial charge in [0.05, 0.1) is 16.8 Å². The van der Waals surface area contributed by atoms with Crippen molar-refractivity contribution in [1.82, 2.24) is 4.98 Å². The molecule has 1 saturated heterocycles. The Bertz CT molecular complexity index is 400. The Hall–Kier alpha value is -0.930. The maximum absolute atomic E-state index is 10.9. The molecule has 0 aromatic carbocycles.